The van der Waals surface area contributed by atoms with Gasteiger partial charge < -0.3 is 10.6 Å². The van der Waals surface area contributed by atoms with Gasteiger partial charge in [0.15, 0.2) is 0 Å². The number of hydrogen-bond acceptors (Lipinski definition) is 4. The molecule has 7 heteroatoms. The van der Waals surface area contributed by atoms with Gasteiger partial charge in [0.1, 0.15) is 10.7 Å². The number of likely N-dealkylation sites (N-methyl/N-ethyl adjacent to an activating group) is 1. The first-order valence-electron chi connectivity index (χ1n) is 6.62. The van der Waals surface area contributed by atoms with Crippen LogP contribution in [-0.4, -0.2) is 50.3 Å². The number of nitrogens with zero attached hydrogens (tertiary/aromatic N) is 2. The molecule has 0 bridgehead atoms. The molecule has 20 heavy (non-hydrogen) atoms. The van der Waals surface area contributed by atoms with Crippen LogP contribution in [0.15, 0.2) is 23.1 Å². The van der Waals surface area contributed by atoms with Crippen molar-refractivity contribution in [1.82, 2.24) is 9.21 Å². The molecule has 5 nitrogen and oxygen atoms in total. The zero-order chi connectivity index (χ0) is 14.9. The highest BCUT2D eigenvalue weighted by Crippen LogP contribution is 2.27. The second-order valence-corrected chi connectivity index (χ2v) is 6.94. The molecule has 0 amide bonds. The first kappa shape index (κ1) is 15.2. The molecule has 112 valence electrons. The van der Waals surface area contributed by atoms with Crippen LogP contribution in [-0.2, 0) is 10.0 Å². The molecule has 0 radical (unpaired) electrons. The molecule has 1 aliphatic heterocycles. The fourth-order valence-corrected chi connectivity index (χ4v) is 4.13. The average molecular weight is 301 g/mol. The smallest absolute Gasteiger partial charge is 0.248 e. The lowest BCUT2D eigenvalue weighted by Crippen LogP contribution is -2.53. The summed E-state index contributed by atoms with van der Waals surface area (Å²) < 4.78 is 40.4. The Balaban J connectivity index is 2.36. The van der Waals surface area contributed by atoms with Crippen LogP contribution < -0.4 is 5.73 Å². The Bertz CT molecular complexity index is 571. The van der Waals surface area contributed by atoms with E-state index in [-0.39, 0.29) is 11.7 Å². The van der Waals surface area contributed by atoms with Crippen LogP contribution in [0.5, 0.6) is 0 Å². The predicted molar refractivity (Wildman–Crippen MR) is 76.3 cm³/mol. The summed E-state index contributed by atoms with van der Waals surface area (Å²) >= 11 is 0. The molecule has 1 aromatic rings. The third-order valence-electron chi connectivity index (χ3n) is 3.81. The number of sulfonamides is 1. The number of benzene rings is 1. The molecule has 1 fully saturated rings. The lowest BCUT2D eigenvalue weighted by atomic mass is 10.1. The Labute approximate surface area is 119 Å². The maximum atomic E-state index is 13.9. The van der Waals surface area contributed by atoms with Gasteiger partial charge in [-0.15, -0.1) is 0 Å². The third-order valence-corrected chi connectivity index (χ3v) is 5.76. The van der Waals surface area contributed by atoms with E-state index < -0.39 is 20.7 Å². The first-order chi connectivity index (χ1) is 9.37. The molecule has 0 aromatic heterocycles. The first-order valence-corrected chi connectivity index (χ1v) is 8.06. The number of piperazine rings is 1. The fraction of sp³-hybridized carbons (Fsp3) is 0.538. The number of rotatable bonds is 3. The molecule has 0 saturated carbocycles. The minimum atomic E-state index is -3.88. The molecule has 1 unspecified atom stereocenters. The van der Waals surface area contributed by atoms with E-state index in [4.69, 9.17) is 5.73 Å². The summed E-state index contributed by atoms with van der Waals surface area (Å²) in [5.41, 5.74) is 5.61. The average Bonchev–Trinajstić information content (AvgIpc) is 2.38. The van der Waals surface area contributed by atoms with Gasteiger partial charge in [-0.05, 0) is 25.6 Å². The lowest BCUT2D eigenvalue weighted by molar-refractivity contribution is 0.144. The van der Waals surface area contributed by atoms with Gasteiger partial charge in [-0.25, -0.2) is 12.8 Å². The summed E-state index contributed by atoms with van der Waals surface area (Å²) in [5.74, 6) is -0.794. The van der Waals surface area contributed by atoms with Crippen molar-refractivity contribution in [2.75, 3.05) is 32.4 Å². The van der Waals surface area contributed by atoms with E-state index >= 15 is 0 Å². The summed E-state index contributed by atoms with van der Waals surface area (Å²) in [4.78, 5) is 1.72. The van der Waals surface area contributed by atoms with Gasteiger partial charge in [0, 0.05) is 25.7 Å². The molecule has 0 spiro atoms. The predicted octanol–water partition coefficient (Wildman–Crippen LogP) is 1.12. The second-order valence-electron chi connectivity index (χ2n) is 5.06. The molecule has 2 N–H and O–H groups in total. The van der Waals surface area contributed by atoms with E-state index in [1.54, 1.807) is 0 Å². The van der Waals surface area contributed by atoms with Crippen molar-refractivity contribution in [3.05, 3.63) is 24.0 Å². The van der Waals surface area contributed by atoms with Crippen molar-refractivity contribution >= 4 is 15.7 Å². The zero-order valence-corrected chi connectivity index (χ0v) is 12.5. The monoisotopic (exact) mass is 301 g/mol. The highest BCUT2D eigenvalue weighted by atomic mass is 32.2. The number of nitrogens with two attached hydrogens (primary N) is 1. The molecule has 1 atom stereocenters. The van der Waals surface area contributed by atoms with Gasteiger partial charge in [-0.2, -0.15) is 4.31 Å². The third kappa shape index (κ3) is 2.65. The van der Waals surface area contributed by atoms with Crippen LogP contribution >= 0.6 is 0 Å². The van der Waals surface area contributed by atoms with Crippen LogP contribution in [0.25, 0.3) is 0 Å². The van der Waals surface area contributed by atoms with Crippen molar-refractivity contribution in [2.24, 2.45) is 0 Å². The number of hydrogen-bond donors (Lipinski definition) is 1. The molecule has 1 aromatic carbocycles. The van der Waals surface area contributed by atoms with Gasteiger partial charge in [-0.3, -0.25) is 0 Å². The van der Waals surface area contributed by atoms with Gasteiger partial charge in [0.05, 0.1) is 5.69 Å². The van der Waals surface area contributed by atoms with Crippen molar-refractivity contribution in [2.45, 2.75) is 24.3 Å². The maximum Gasteiger partial charge on any atom is 0.248 e. The molecule has 1 heterocycles. The maximum absolute atomic E-state index is 13.9. The van der Waals surface area contributed by atoms with Crippen LogP contribution in [0.4, 0.5) is 10.1 Å². The Hall–Kier alpha value is -1.18. The van der Waals surface area contributed by atoms with E-state index in [0.717, 1.165) is 12.5 Å². The van der Waals surface area contributed by atoms with Crippen molar-refractivity contribution in [3.63, 3.8) is 0 Å². The summed E-state index contributed by atoms with van der Waals surface area (Å²) in [6.45, 7) is 3.35. The number of halogens is 1. The van der Waals surface area contributed by atoms with Gasteiger partial charge in [-0.1, -0.05) is 13.0 Å². The highest BCUT2D eigenvalue weighted by molar-refractivity contribution is 7.89. The second kappa shape index (κ2) is 5.67. The Morgan fingerprint density at radius 3 is 2.70 bits per heavy atom. The Morgan fingerprint density at radius 1 is 1.40 bits per heavy atom. The SMILES string of the molecule is CCC1CN(S(=O)(=O)c2c(N)cccc2F)CCN1C. The van der Waals surface area contributed by atoms with E-state index in [2.05, 4.69) is 4.90 Å². The largest absolute Gasteiger partial charge is 0.398 e. The van der Waals surface area contributed by atoms with E-state index in [9.17, 15) is 12.8 Å². The molecular weight excluding hydrogens is 281 g/mol. The molecule has 1 saturated heterocycles. The topological polar surface area (TPSA) is 66.6 Å². The van der Waals surface area contributed by atoms with E-state index in [1.165, 1.54) is 16.4 Å². The minimum absolute atomic E-state index is 0.0445. The molecular formula is C13H20FN3O2S. The number of anilines is 1. The van der Waals surface area contributed by atoms with Crippen LogP contribution in [0, 0.1) is 5.82 Å². The van der Waals surface area contributed by atoms with Crippen molar-refractivity contribution in [3.8, 4) is 0 Å². The van der Waals surface area contributed by atoms with E-state index in [1.807, 2.05) is 14.0 Å². The lowest BCUT2D eigenvalue weighted by Gasteiger charge is -2.38. The summed E-state index contributed by atoms with van der Waals surface area (Å²) in [7, 11) is -1.92. The standard InChI is InChI=1S/C13H20FN3O2S/c1-3-10-9-17(8-7-16(10)2)20(18,19)13-11(14)5-4-6-12(13)15/h4-6,10H,3,7-9,15H2,1-2H3. The van der Waals surface area contributed by atoms with Crippen molar-refractivity contribution in [1.29, 1.82) is 0 Å². The quantitative estimate of drug-likeness (QED) is 0.850. The minimum Gasteiger partial charge on any atom is -0.398 e. The van der Waals surface area contributed by atoms with Gasteiger partial charge in [0.25, 0.3) is 0 Å². The highest BCUT2D eigenvalue weighted by Gasteiger charge is 2.34. The Kier molecular flexibility index (Phi) is 4.31. The Morgan fingerprint density at radius 2 is 2.10 bits per heavy atom. The molecule has 2 rings (SSSR count). The van der Waals surface area contributed by atoms with Gasteiger partial charge in [0.2, 0.25) is 10.0 Å². The van der Waals surface area contributed by atoms with E-state index in [0.29, 0.717) is 19.6 Å². The summed E-state index contributed by atoms with van der Waals surface area (Å²) in [5, 5.41) is 0. The molecule has 1 aliphatic rings. The number of nitrogen functional groups attached to an aromatic ring is 1. The zero-order valence-electron chi connectivity index (χ0n) is 11.7. The van der Waals surface area contributed by atoms with Crippen LogP contribution in [0.2, 0.25) is 0 Å². The van der Waals surface area contributed by atoms with Crippen LogP contribution in [0.3, 0.4) is 0 Å². The summed E-state index contributed by atoms with van der Waals surface area (Å²) in [6, 6.07) is 4.08. The van der Waals surface area contributed by atoms with Gasteiger partial charge >= 0.3 is 0 Å². The normalized spacial score (nSPS) is 22.1. The van der Waals surface area contributed by atoms with Crippen molar-refractivity contribution < 1.29 is 12.8 Å². The summed E-state index contributed by atoms with van der Waals surface area (Å²) in [6.07, 6.45) is 0.843. The van der Waals surface area contributed by atoms with Crippen LogP contribution in [0.1, 0.15) is 13.3 Å². The molecule has 0 aliphatic carbocycles. The fourth-order valence-electron chi connectivity index (χ4n) is 2.50.